The second-order valence-corrected chi connectivity index (χ2v) is 3.03. The smallest absolute Gasteiger partial charge is 0.240 e. The molecule has 0 amide bonds. The van der Waals surface area contributed by atoms with E-state index in [2.05, 4.69) is 10.5 Å². The summed E-state index contributed by atoms with van der Waals surface area (Å²) in [4.78, 5) is 5.01. The molecule has 0 atom stereocenters. The minimum Gasteiger partial charge on any atom is -0.475 e. The van der Waals surface area contributed by atoms with Crippen LogP contribution in [-0.2, 0) is 14.3 Å². The van der Waals surface area contributed by atoms with Crippen LogP contribution in [0.25, 0.3) is 0 Å². The third kappa shape index (κ3) is 5.19. The fraction of sp³-hybridized carbons (Fsp3) is 0.667. The van der Waals surface area contributed by atoms with Gasteiger partial charge in [0.05, 0.1) is 25.9 Å². The van der Waals surface area contributed by atoms with Gasteiger partial charge in [0.15, 0.2) is 0 Å². The molecule has 9 nitrogen and oxygen atoms in total. The first kappa shape index (κ1) is 14.5. The van der Waals surface area contributed by atoms with Gasteiger partial charge in [-0.25, -0.2) is 10.3 Å². The van der Waals surface area contributed by atoms with Gasteiger partial charge in [0, 0.05) is 0 Å². The highest BCUT2D eigenvalue weighted by molar-refractivity contribution is 5.88. The Kier molecular flexibility index (Phi) is 6.87. The van der Waals surface area contributed by atoms with Crippen LogP contribution in [0, 0.1) is 0 Å². The molecule has 1 aliphatic heterocycles. The van der Waals surface area contributed by atoms with E-state index in [1.54, 1.807) is 0 Å². The molecule has 1 rings (SSSR count). The van der Waals surface area contributed by atoms with Crippen LogP contribution in [0.4, 0.5) is 0 Å². The lowest BCUT2D eigenvalue weighted by molar-refractivity contribution is -0.205. The summed E-state index contributed by atoms with van der Waals surface area (Å²) in [6.45, 7) is -0.240. The number of nitrogens with zero attached hydrogens (tertiary/aromatic N) is 2. The highest BCUT2D eigenvalue weighted by atomic mass is 16.7. The Morgan fingerprint density at radius 3 is 2.39 bits per heavy atom. The molecule has 1 heterocycles. The van der Waals surface area contributed by atoms with Crippen molar-refractivity contribution in [3.63, 3.8) is 0 Å². The summed E-state index contributed by atoms with van der Waals surface area (Å²) >= 11 is 0. The van der Waals surface area contributed by atoms with Gasteiger partial charge in [-0.2, -0.15) is 0 Å². The zero-order chi connectivity index (χ0) is 13.2. The van der Waals surface area contributed by atoms with Crippen molar-refractivity contribution < 1.29 is 29.6 Å². The van der Waals surface area contributed by atoms with E-state index in [0.29, 0.717) is 0 Å². The van der Waals surface area contributed by atoms with Gasteiger partial charge in [-0.05, 0) is 0 Å². The molecule has 0 aromatic rings. The van der Waals surface area contributed by atoms with E-state index in [4.69, 9.17) is 29.6 Å². The molecule has 0 bridgehead atoms. The average Bonchev–Trinajstić information content (AvgIpc) is 2.40. The topological polar surface area (TPSA) is 116 Å². The van der Waals surface area contributed by atoms with E-state index < -0.39 is 0 Å². The van der Waals surface area contributed by atoms with Crippen molar-refractivity contribution in [2.24, 2.45) is 5.10 Å². The van der Waals surface area contributed by atoms with Crippen LogP contribution >= 0.6 is 0 Å². The van der Waals surface area contributed by atoms with Crippen molar-refractivity contribution >= 4 is 5.90 Å². The molecule has 0 fully saturated rings. The summed E-state index contributed by atoms with van der Waals surface area (Å²) in [7, 11) is 0. The Balaban J connectivity index is 2.56. The molecule has 104 valence electrons. The van der Waals surface area contributed by atoms with Gasteiger partial charge >= 0.3 is 0 Å². The lowest BCUT2D eigenvalue weighted by Crippen LogP contribution is -2.39. The molecule has 0 aromatic carbocycles. The minimum absolute atomic E-state index is 0.0387. The monoisotopic (exact) mass is 263 g/mol. The maximum Gasteiger partial charge on any atom is 0.240 e. The molecule has 4 N–H and O–H groups in total. The summed E-state index contributed by atoms with van der Waals surface area (Å²) in [6.07, 6.45) is 1.45. The van der Waals surface area contributed by atoms with Crippen molar-refractivity contribution in [2.45, 2.75) is 0 Å². The highest BCUT2D eigenvalue weighted by Gasteiger charge is 2.15. The molecule has 0 saturated carbocycles. The van der Waals surface area contributed by atoms with Crippen molar-refractivity contribution in [3.8, 4) is 0 Å². The SMILES string of the molecule is OCCOC1=CC(OCCO)=NN(OCCO)N1. The summed E-state index contributed by atoms with van der Waals surface area (Å²) in [5, 5.41) is 30.8. The van der Waals surface area contributed by atoms with Gasteiger partial charge in [-0.1, -0.05) is 10.4 Å². The second kappa shape index (κ2) is 8.53. The fourth-order valence-electron chi connectivity index (χ4n) is 1.02. The minimum atomic E-state index is -0.170. The molecular formula is C9H17N3O6. The van der Waals surface area contributed by atoms with Crippen LogP contribution in [0.3, 0.4) is 0 Å². The lowest BCUT2D eigenvalue weighted by atomic mass is 10.5. The summed E-state index contributed by atoms with van der Waals surface area (Å²) < 4.78 is 10.3. The molecule has 1 aliphatic rings. The van der Waals surface area contributed by atoms with Crippen molar-refractivity contribution in [2.75, 3.05) is 39.6 Å². The summed E-state index contributed by atoms with van der Waals surface area (Å²) in [6, 6.07) is 0. The predicted molar refractivity (Wildman–Crippen MR) is 59.6 cm³/mol. The number of hydrogen-bond donors (Lipinski definition) is 4. The third-order valence-electron chi connectivity index (χ3n) is 1.64. The standard InChI is InChI=1S/C9H17N3O6/c13-1-4-16-8-7-9(17-5-2-14)11-12(10-8)18-6-3-15/h7,10,13-15H,1-6H2. The Bertz CT molecular complexity index is 296. The van der Waals surface area contributed by atoms with Crippen LogP contribution in [0.2, 0.25) is 0 Å². The summed E-state index contributed by atoms with van der Waals surface area (Å²) in [5.41, 5.74) is 2.63. The van der Waals surface area contributed by atoms with E-state index in [9.17, 15) is 0 Å². The molecule has 0 saturated heterocycles. The van der Waals surface area contributed by atoms with Gasteiger partial charge in [0.25, 0.3) is 0 Å². The maximum atomic E-state index is 8.66. The number of nitrogens with one attached hydrogen (secondary N) is 1. The van der Waals surface area contributed by atoms with Crippen LogP contribution in [-0.4, -0.2) is 66.1 Å². The normalized spacial score (nSPS) is 14.7. The third-order valence-corrected chi connectivity index (χ3v) is 1.64. The second-order valence-electron chi connectivity index (χ2n) is 3.03. The zero-order valence-corrected chi connectivity index (χ0v) is 9.78. The van der Waals surface area contributed by atoms with E-state index >= 15 is 0 Å². The zero-order valence-electron chi connectivity index (χ0n) is 9.78. The molecule has 0 radical (unpaired) electrons. The van der Waals surface area contributed by atoms with Gasteiger partial charge < -0.3 is 24.8 Å². The molecular weight excluding hydrogens is 246 g/mol. The number of ether oxygens (including phenoxy) is 2. The molecule has 0 spiro atoms. The van der Waals surface area contributed by atoms with E-state index in [1.807, 2.05) is 0 Å². The average molecular weight is 263 g/mol. The molecule has 18 heavy (non-hydrogen) atoms. The highest BCUT2D eigenvalue weighted by Crippen LogP contribution is 2.05. The van der Waals surface area contributed by atoms with Gasteiger partial charge in [0.2, 0.25) is 11.8 Å². The molecule has 9 heteroatoms. The van der Waals surface area contributed by atoms with E-state index in [-0.39, 0.29) is 51.4 Å². The molecule has 0 aromatic heterocycles. The van der Waals surface area contributed by atoms with Crippen LogP contribution in [0.5, 0.6) is 0 Å². The quantitative estimate of drug-likeness (QED) is 0.394. The largest absolute Gasteiger partial charge is 0.475 e. The number of hydrogen-bond acceptors (Lipinski definition) is 9. The Labute approximate surface area is 104 Å². The van der Waals surface area contributed by atoms with E-state index in [1.165, 1.54) is 6.08 Å². The first-order valence-electron chi connectivity index (χ1n) is 5.38. The number of hydrazine groups is 1. The predicted octanol–water partition coefficient (Wildman–Crippen LogP) is -2.10. The van der Waals surface area contributed by atoms with Crippen molar-refractivity contribution in [1.82, 2.24) is 10.7 Å². The molecule has 0 aliphatic carbocycles. The van der Waals surface area contributed by atoms with Crippen LogP contribution in [0.15, 0.2) is 17.1 Å². The Hall–Kier alpha value is -1.55. The Morgan fingerprint density at radius 2 is 1.72 bits per heavy atom. The number of rotatable bonds is 8. The van der Waals surface area contributed by atoms with Crippen LogP contribution in [0.1, 0.15) is 0 Å². The van der Waals surface area contributed by atoms with Gasteiger partial charge in [-0.15, -0.1) is 0 Å². The molecule has 0 unspecified atom stereocenters. The van der Waals surface area contributed by atoms with Crippen LogP contribution < -0.4 is 5.43 Å². The van der Waals surface area contributed by atoms with Gasteiger partial charge in [0.1, 0.15) is 19.8 Å². The van der Waals surface area contributed by atoms with Crippen molar-refractivity contribution in [1.29, 1.82) is 0 Å². The Morgan fingerprint density at radius 1 is 1.06 bits per heavy atom. The van der Waals surface area contributed by atoms with Crippen molar-refractivity contribution in [3.05, 3.63) is 12.0 Å². The maximum absolute atomic E-state index is 8.66. The fourth-order valence-corrected chi connectivity index (χ4v) is 1.02. The summed E-state index contributed by atoms with van der Waals surface area (Å²) in [5.74, 6) is 0.443. The first-order valence-corrected chi connectivity index (χ1v) is 5.38. The van der Waals surface area contributed by atoms with E-state index in [0.717, 1.165) is 5.28 Å². The first-order chi connectivity index (χ1) is 8.80. The van der Waals surface area contributed by atoms with Gasteiger partial charge in [-0.3, -0.25) is 0 Å². The number of aliphatic hydroxyl groups excluding tert-OH is 3. The lowest BCUT2D eigenvalue weighted by Gasteiger charge is -2.24. The number of hydrazone groups is 1. The number of aliphatic hydroxyl groups is 3.